The third-order valence-electron chi connectivity index (χ3n) is 7.24. The number of aliphatic hydroxyl groups is 1. The summed E-state index contributed by atoms with van der Waals surface area (Å²) in [6.45, 7) is 6.91. The van der Waals surface area contributed by atoms with E-state index in [1.807, 2.05) is 25.1 Å². The van der Waals surface area contributed by atoms with Gasteiger partial charge in [0, 0.05) is 30.9 Å². The number of nitrogens with zero attached hydrogens (tertiary/aromatic N) is 2. The average Bonchev–Trinajstić information content (AvgIpc) is 3.44. The van der Waals surface area contributed by atoms with Crippen molar-refractivity contribution in [2.24, 2.45) is 5.92 Å². The normalized spacial score (nSPS) is 19.6. The van der Waals surface area contributed by atoms with Crippen LogP contribution in [0.5, 0.6) is 17.2 Å². The van der Waals surface area contributed by atoms with Crippen LogP contribution in [0.2, 0.25) is 0 Å². The van der Waals surface area contributed by atoms with Crippen LogP contribution in [0.3, 0.4) is 0 Å². The van der Waals surface area contributed by atoms with Gasteiger partial charge in [-0.05, 0) is 72.4 Å². The fraction of sp³-hybridized carbons (Fsp3) is 0.344. The van der Waals surface area contributed by atoms with Gasteiger partial charge in [0.2, 0.25) is 0 Å². The molecule has 0 saturated carbocycles. The molecule has 0 aliphatic carbocycles. The summed E-state index contributed by atoms with van der Waals surface area (Å²) >= 11 is 0. The van der Waals surface area contributed by atoms with Crippen molar-refractivity contribution in [2.75, 3.05) is 13.7 Å². The largest absolute Gasteiger partial charge is 0.507 e. The van der Waals surface area contributed by atoms with E-state index in [1.54, 1.807) is 49.8 Å². The highest BCUT2D eigenvalue weighted by molar-refractivity contribution is 6.46. The van der Waals surface area contributed by atoms with E-state index < -0.39 is 17.7 Å². The summed E-state index contributed by atoms with van der Waals surface area (Å²) in [5.41, 5.74) is 2.81. The molecule has 1 amide bonds. The second-order valence-corrected chi connectivity index (χ2v) is 10.7. The summed E-state index contributed by atoms with van der Waals surface area (Å²) in [4.78, 5) is 32.6. The second-order valence-electron chi connectivity index (χ2n) is 10.7. The lowest BCUT2D eigenvalue weighted by atomic mass is 9.94. The Morgan fingerprint density at radius 3 is 2.70 bits per heavy atom. The Bertz CT molecular complexity index is 1450. The quantitative estimate of drug-likeness (QED) is 0.218. The van der Waals surface area contributed by atoms with E-state index in [4.69, 9.17) is 14.2 Å². The van der Waals surface area contributed by atoms with E-state index in [1.165, 1.54) is 4.90 Å². The second kappa shape index (κ2) is 11.4. The van der Waals surface area contributed by atoms with Crippen molar-refractivity contribution in [2.45, 2.75) is 52.3 Å². The molecule has 8 heteroatoms. The molecule has 0 bridgehead atoms. The van der Waals surface area contributed by atoms with Crippen LogP contribution < -0.4 is 14.2 Å². The summed E-state index contributed by atoms with van der Waals surface area (Å²) in [6.07, 6.45) is 4.93. The van der Waals surface area contributed by atoms with E-state index in [2.05, 4.69) is 18.8 Å². The summed E-state index contributed by atoms with van der Waals surface area (Å²) in [7, 11) is 1.55. The minimum atomic E-state index is -0.845. The van der Waals surface area contributed by atoms with E-state index in [0.29, 0.717) is 41.6 Å². The lowest BCUT2D eigenvalue weighted by Crippen LogP contribution is -2.29. The molecule has 2 aliphatic heterocycles. The number of ketones is 1. The van der Waals surface area contributed by atoms with Crippen LogP contribution in [-0.2, 0) is 22.6 Å². The van der Waals surface area contributed by atoms with Gasteiger partial charge in [0.05, 0.1) is 25.3 Å². The van der Waals surface area contributed by atoms with Gasteiger partial charge in [-0.1, -0.05) is 26.0 Å². The Labute approximate surface area is 234 Å². The molecular weight excluding hydrogens is 508 g/mol. The summed E-state index contributed by atoms with van der Waals surface area (Å²) < 4.78 is 17.4. The first-order valence-electron chi connectivity index (χ1n) is 13.5. The van der Waals surface area contributed by atoms with E-state index in [0.717, 1.165) is 23.3 Å². The molecule has 2 aliphatic rings. The number of fused-ring (bicyclic) bond motifs is 1. The Morgan fingerprint density at radius 2 is 1.98 bits per heavy atom. The molecule has 1 N–H and O–H groups in total. The number of methoxy groups -OCH3 is 1. The van der Waals surface area contributed by atoms with Gasteiger partial charge < -0.3 is 24.2 Å². The third kappa shape index (κ3) is 5.39. The number of rotatable bonds is 9. The van der Waals surface area contributed by atoms with Gasteiger partial charge in [-0.3, -0.25) is 14.6 Å². The summed E-state index contributed by atoms with van der Waals surface area (Å²) in [5.74, 6) is 0.649. The molecule has 3 heterocycles. The predicted octanol–water partition coefficient (Wildman–Crippen LogP) is 5.46. The van der Waals surface area contributed by atoms with Crippen LogP contribution in [0.4, 0.5) is 0 Å². The molecule has 0 radical (unpaired) electrons. The molecular formula is C32H34N2O6. The fourth-order valence-corrected chi connectivity index (χ4v) is 5.18. The Kier molecular flexibility index (Phi) is 7.78. The SMILES string of the molecule is COc1cc(C2C(=C(O)c3ccc4c(c3)CC(C)O4)C(=O)C(=O)N2Cc2cccnc2)ccc1OCCC(C)C. The Hall–Kier alpha value is -4.33. The molecule has 2 atom stereocenters. The average molecular weight is 543 g/mol. The van der Waals surface area contributed by atoms with E-state index in [-0.39, 0.29) is 24.0 Å². The van der Waals surface area contributed by atoms with Gasteiger partial charge in [-0.25, -0.2) is 0 Å². The highest BCUT2D eigenvalue weighted by atomic mass is 16.5. The molecule has 5 rings (SSSR count). The summed E-state index contributed by atoms with van der Waals surface area (Å²) in [6, 6.07) is 13.5. The van der Waals surface area contributed by atoms with Crippen LogP contribution in [0, 0.1) is 5.92 Å². The first-order valence-corrected chi connectivity index (χ1v) is 13.5. The molecule has 40 heavy (non-hydrogen) atoms. The van der Waals surface area contributed by atoms with Crippen LogP contribution >= 0.6 is 0 Å². The fourth-order valence-electron chi connectivity index (χ4n) is 5.18. The molecule has 1 saturated heterocycles. The third-order valence-corrected chi connectivity index (χ3v) is 7.24. The molecule has 208 valence electrons. The van der Waals surface area contributed by atoms with E-state index in [9.17, 15) is 14.7 Å². The smallest absolute Gasteiger partial charge is 0.295 e. The monoisotopic (exact) mass is 542 g/mol. The molecule has 0 spiro atoms. The van der Waals surface area contributed by atoms with Crippen molar-refractivity contribution in [3.8, 4) is 17.2 Å². The number of likely N-dealkylation sites (tertiary alicyclic amines) is 1. The molecule has 8 nitrogen and oxygen atoms in total. The standard InChI is InChI=1S/C32H34N2O6/c1-19(2)11-13-39-26-10-7-22(16-27(26)38-4)29-28(30(35)23-8-9-25-24(15-23)14-20(3)40-25)31(36)32(37)34(29)18-21-6-5-12-33-17-21/h5-10,12,15-17,19-20,29,35H,11,13-14,18H2,1-4H3. The Balaban J connectivity index is 1.59. The lowest BCUT2D eigenvalue weighted by Gasteiger charge is -2.26. The number of carbonyl (C=O) groups excluding carboxylic acids is 2. The predicted molar refractivity (Wildman–Crippen MR) is 150 cm³/mol. The zero-order valence-corrected chi connectivity index (χ0v) is 23.2. The zero-order valence-electron chi connectivity index (χ0n) is 23.2. The van der Waals surface area contributed by atoms with Crippen LogP contribution in [0.15, 0.2) is 66.5 Å². The number of ether oxygens (including phenoxy) is 3. The topological polar surface area (TPSA) is 98.2 Å². The minimum absolute atomic E-state index is 0.0244. The van der Waals surface area contributed by atoms with Crippen LogP contribution in [-0.4, -0.2) is 46.5 Å². The number of hydrogen-bond donors (Lipinski definition) is 1. The number of amides is 1. The van der Waals surface area contributed by atoms with Gasteiger partial charge in [0.15, 0.2) is 11.5 Å². The number of pyridine rings is 1. The maximum Gasteiger partial charge on any atom is 0.295 e. The van der Waals surface area contributed by atoms with Gasteiger partial charge in [0.1, 0.15) is 17.6 Å². The number of Topliss-reactive ketones (excluding diaryl/α,β-unsaturated/α-hetero) is 1. The molecule has 2 unspecified atom stereocenters. The first kappa shape index (κ1) is 27.2. The highest BCUT2D eigenvalue weighted by Gasteiger charge is 2.46. The van der Waals surface area contributed by atoms with Crippen molar-refractivity contribution in [1.82, 2.24) is 9.88 Å². The number of aromatic nitrogens is 1. The van der Waals surface area contributed by atoms with Crippen LogP contribution in [0.1, 0.15) is 55.5 Å². The van der Waals surface area contributed by atoms with Crippen molar-refractivity contribution >= 4 is 17.4 Å². The zero-order chi connectivity index (χ0) is 28.4. The highest BCUT2D eigenvalue weighted by Crippen LogP contribution is 2.43. The number of hydrogen-bond acceptors (Lipinski definition) is 7. The van der Waals surface area contributed by atoms with Crippen molar-refractivity contribution in [3.63, 3.8) is 0 Å². The summed E-state index contributed by atoms with van der Waals surface area (Å²) in [5, 5.41) is 11.5. The molecule has 1 fully saturated rings. The number of carbonyl (C=O) groups is 2. The van der Waals surface area contributed by atoms with Crippen molar-refractivity contribution in [3.05, 3.63) is 88.8 Å². The Morgan fingerprint density at radius 1 is 1.15 bits per heavy atom. The van der Waals surface area contributed by atoms with Crippen molar-refractivity contribution < 1.29 is 28.9 Å². The lowest BCUT2D eigenvalue weighted by molar-refractivity contribution is -0.140. The van der Waals surface area contributed by atoms with Gasteiger partial charge in [0.25, 0.3) is 11.7 Å². The maximum absolute atomic E-state index is 13.5. The molecule has 3 aromatic rings. The first-order chi connectivity index (χ1) is 19.3. The van der Waals surface area contributed by atoms with Gasteiger partial charge >= 0.3 is 0 Å². The minimum Gasteiger partial charge on any atom is -0.507 e. The number of aliphatic hydroxyl groups excluding tert-OH is 1. The van der Waals surface area contributed by atoms with Gasteiger partial charge in [-0.2, -0.15) is 0 Å². The molecule has 1 aromatic heterocycles. The molecule has 2 aromatic carbocycles. The maximum atomic E-state index is 13.5. The van der Waals surface area contributed by atoms with Gasteiger partial charge in [-0.15, -0.1) is 0 Å². The van der Waals surface area contributed by atoms with E-state index >= 15 is 0 Å². The number of benzene rings is 2. The van der Waals surface area contributed by atoms with Crippen LogP contribution in [0.25, 0.3) is 5.76 Å². The van der Waals surface area contributed by atoms with Crippen molar-refractivity contribution in [1.29, 1.82) is 0 Å².